The second-order valence-corrected chi connectivity index (χ2v) is 4.28. The highest BCUT2D eigenvalue weighted by Crippen LogP contribution is 2.29. The van der Waals surface area contributed by atoms with E-state index < -0.39 is 0 Å². The molecule has 0 amide bonds. The second-order valence-electron chi connectivity index (χ2n) is 4.28. The van der Waals surface area contributed by atoms with Crippen molar-refractivity contribution < 1.29 is 0 Å². The van der Waals surface area contributed by atoms with E-state index in [2.05, 4.69) is 32.7 Å². The largest absolute Gasteiger partial charge is 0.321 e. The molecule has 0 radical (unpaired) electrons. The number of aromatic nitrogens is 1. The molecule has 0 saturated carbocycles. The number of hydrogen-bond acceptors (Lipinski definition) is 2. The van der Waals surface area contributed by atoms with Gasteiger partial charge in [0.05, 0.1) is 0 Å². The SMILES string of the molecule is CCC(C)C(C)(N)c1cnccc1C. The molecular weight excluding hydrogens is 172 g/mol. The van der Waals surface area contributed by atoms with Gasteiger partial charge in [0.25, 0.3) is 0 Å². The van der Waals surface area contributed by atoms with Crippen LogP contribution in [0.3, 0.4) is 0 Å². The summed E-state index contributed by atoms with van der Waals surface area (Å²) in [7, 11) is 0. The highest BCUT2D eigenvalue weighted by Gasteiger charge is 2.28. The molecule has 0 fully saturated rings. The molecule has 2 atom stereocenters. The van der Waals surface area contributed by atoms with Gasteiger partial charge in [-0.05, 0) is 37.0 Å². The molecule has 2 nitrogen and oxygen atoms in total. The first-order valence-electron chi connectivity index (χ1n) is 5.20. The molecular formula is C12H20N2. The van der Waals surface area contributed by atoms with Gasteiger partial charge in [-0.2, -0.15) is 0 Å². The Kier molecular flexibility index (Phi) is 3.27. The monoisotopic (exact) mass is 192 g/mol. The Bertz CT molecular complexity index is 305. The number of hydrogen-bond donors (Lipinski definition) is 1. The molecule has 14 heavy (non-hydrogen) atoms. The molecule has 1 aromatic rings. The van der Waals surface area contributed by atoms with Gasteiger partial charge in [-0.3, -0.25) is 4.98 Å². The van der Waals surface area contributed by atoms with Crippen LogP contribution in [0.5, 0.6) is 0 Å². The van der Waals surface area contributed by atoms with Crippen LogP contribution in [0.4, 0.5) is 0 Å². The lowest BCUT2D eigenvalue weighted by Gasteiger charge is -2.32. The van der Waals surface area contributed by atoms with E-state index in [0.717, 1.165) is 12.0 Å². The maximum Gasteiger partial charge on any atom is 0.0424 e. The summed E-state index contributed by atoms with van der Waals surface area (Å²) in [5.74, 6) is 0.463. The van der Waals surface area contributed by atoms with Crippen LogP contribution in [0.2, 0.25) is 0 Å². The Balaban J connectivity index is 3.09. The average molecular weight is 192 g/mol. The van der Waals surface area contributed by atoms with Gasteiger partial charge in [-0.15, -0.1) is 0 Å². The van der Waals surface area contributed by atoms with E-state index in [0.29, 0.717) is 5.92 Å². The fraction of sp³-hybridized carbons (Fsp3) is 0.583. The topological polar surface area (TPSA) is 38.9 Å². The summed E-state index contributed by atoms with van der Waals surface area (Å²) < 4.78 is 0. The molecule has 0 saturated heterocycles. The summed E-state index contributed by atoms with van der Waals surface area (Å²) in [6, 6.07) is 2.02. The van der Waals surface area contributed by atoms with Crippen molar-refractivity contribution in [2.24, 2.45) is 11.7 Å². The van der Waals surface area contributed by atoms with Crippen molar-refractivity contribution in [2.45, 2.75) is 39.7 Å². The molecule has 0 bridgehead atoms. The minimum atomic E-state index is -0.271. The van der Waals surface area contributed by atoms with Crippen LogP contribution >= 0.6 is 0 Å². The predicted octanol–water partition coefficient (Wildman–Crippen LogP) is 2.61. The third-order valence-corrected chi connectivity index (χ3v) is 3.26. The van der Waals surface area contributed by atoms with Crippen molar-refractivity contribution in [1.82, 2.24) is 4.98 Å². The summed E-state index contributed by atoms with van der Waals surface area (Å²) in [6.07, 6.45) is 4.79. The van der Waals surface area contributed by atoms with E-state index in [1.165, 1.54) is 5.56 Å². The van der Waals surface area contributed by atoms with Crippen molar-refractivity contribution >= 4 is 0 Å². The number of aryl methyl sites for hydroxylation is 1. The van der Waals surface area contributed by atoms with Crippen molar-refractivity contribution in [2.75, 3.05) is 0 Å². The Hall–Kier alpha value is -0.890. The van der Waals surface area contributed by atoms with Crippen molar-refractivity contribution in [3.05, 3.63) is 29.6 Å². The van der Waals surface area contributed by atoms with Crippen molar-refractivity contribution in [3.8, 4) is 0 Å². The summed E-state index contributed by atoms with van der Waals surface area (Å²) in [4.78, 5) is 4.15. The molecule has 1 rings (SSSR count). The summed E-state index contributed by atoms with van der Waals surface area (Å²) in [5, 5.41) is 0. The average Bonchev–Trinajstić information content (AvgIpc) is 2.17. The van der Waals surface area contributed by atoms with E-state index in [9.17, 15) is 0 Å². The Morgan fingerprint density at radius 2 is 2.21 bits per heavy atom. The fourth-order valence-electron chi connectivity index (χ4n) is 1.72. The summed E-state index contributed by atoms with van der Waals surface area (Å²) in [6.45, 7) is 8.53. The zero-order valence-electron chi connectivity index (χ0n) is 9.54. The Labute approximate surface area is 86.5 Å². The van der Waals surface area contributed by atoms with E-state index in [4.69, 9.17) is 5.73 Å². The maximum absolute atomic E-state index is 6.35. The minimum absolute atomic E-state index is 0.271. The highest BCUT2D eigenvalue weighted by molar-refractivity contribution is 5.29. The first-order chi connectivity index (χ1) is 6.50. The van der Waals surface area contributed by atoms with Gasteiger partial charge in [-0.1, -0.05) is 20.3 Å². The van der Waals surface area contributed by atoms with Gasteiger partial charge in [-0.25, -0.2) is 0 Å². The molecule has 0 aliphatic carbocycles. The first-order valence-corrected chi connectivity index (χ1v) is 5.20. The van der Waals surface area contributed by atoms with Gasteiger partial charge < -0.3 is 5.73 Å². The fourth-order valence-corrected chi connectivity index (χ4v) is 1.72. The molecule has 2 unspecified atom stereocenters. The second kappa shape index (κ2) is 4.09. The molecule has 0 aliphatic rings. The van der Waals surface area contributed by atoms with Gasteiger partial charge >= 0.3 is 0 Å². The first kappa shape index (κ1) is 11.2. The summed E-state index contributed by atoms with van der Waals surface area (Å²) >= 11 is 0. The maximum atomic E-state index is 6.35. The standard InChI is InChI=1S/C12H20N2/c1-5-10(3)12(4,13)11-8-14-7-6-9(11)2/h6-8,10H,5,13H2,1-4H3. The number of nitrogens with zero attached hydrogens (tertiary/aromatic N) is 1. The number of nitrogens with two attached hydrogens (primary N) is 1. The van der Waals surface area contributed by atoms with Crippen molar-refractivity contribution in [1.29, 1.82) is 0 Å². The number of rotatable bonds is 3. The van der Waals surface area contributed by atoms with E-state index in [1.54, 1.807) is 0 Å². The predicted molar refractivity (Wildman–Crippen MR) is 60.0 cm³/mol. The quantitative estimate of drug-likeness (QED) is 0.799. The lowest BCUT2D eigenvalue weighted by Crippen LogP contribution is -2.40. The zero-order chi connectivity index (χ0) is 10.8. The number of pyridine rings is 1. The molecule has 1 heterocycles. The third-order valence-electron chi connectivity index (χ3n) is 3.26. The van der Waals surface area contributed by atoms with Gasteiger partial charge in [0.2, 0.25) is 0 Å². The Morgan fingerprint density at radius 1 is 1.57 bits per heavy atom. The normalized spacial score (nSPS) is 17.5. The van der Waals surface area contributed by atoms with Crippen LogP contribution in [-0.2, 0) is 5.54 Å². The molecule has 0 spiro atoms. The molecule has 2 heteroatoms. The van der Waals surface area contributed by atoms with Gasteiger partial charge in [0.1, 0.15) is 0 Å². The van der Waals surface area contributed by atoms with Crippen LogP contribution in [0.25, 0.3) is 0 Å². The Morgan fingerprint density at radius 3 is 2.71 bits per heavy atom. The van der Waals surface area contributed by atoms with Gasteiger partial charge in [0.15, 0.2) is 0 Å². The molecule has 0 aliphatic heterocycles. The lowest BCUT2D eigenvalue weighted by atomic mass is 9.79. The third kappa shape index (κ3) is 1.95. The minimum Gasteiger partial charge on any atom is -0.321 e. The van der Waals surface area contributed by atoms with Crippen LogP contribution in [0, 0.1) is 12.8 Å². The van der Waals surface area contributed by atoms with Crippen LogP contribution in [-0.4, -0.2) is 4.98 Å². The van der Waals surface area contributed by atoms with Crippen LogP contribution in [0.1, 0.15) is 38.3 Å². The van der Waals surface area contributed by atoms with Gasteiger partial charge in [0, 0.05) is 17.9 Å². The molecule has 0 aromatic carbocycles. The smallest absolute Gasteiger partial charge is 0.0424 e. The highest BCUT2D eigenvalue weighted by atomic mass is 14.8. The zero-order valence-corrected chi connectivity index (χ0v) is 9.54. The van der Waals surface area contributed by atoms with Crippen LogP contribution < -0.4 is 5.73 Å². The van der Waals surface area contributed by atoms with Crippen molar-refractivity contribution in [3.63, 3.8) is 0 Å². The van der Waals surface area contributed by atoms with Crippen LogP contribution in [0.15, 0.2) is 18.5 Å². The molecule has 1 aromatic heterocycles. The lowest BCUT2D eigenvalue weighted by molar-refractivity contribution is 0.314. The molecule has 2 N–H and O–H groups in total. The van der Waals surface area contributed by atoms with E-state index in [-0.39, 0.29) is 5.54 Å². The van der Waals surface area contributed by atoms with E-state index >= 15 is 0 Å². The molecule has 78 valence electrons. The van der Waals surface area contributed by atoms with E-state index in [1.807, 2.05) is 18.5 Å². The summed E-state index contributed by atoms with van der Waals surface area (Å²) in [5.41, 5.74) is 8.47.